The second kappa shape index (κ2) is 32.6. The van der Waals surface area contributed by atoms with Crippen LogP contribution in [0.15, 0.2) is 11.6 Å². The number of fused-ring (bicyclic) bond motifs is 5. The average molecular weight is 996 g/mol. The fourth-order valence-electron chi connectivity index (χ4n) is 16.1. The molecule has 5 rings (SSSR count). The van der Waals surface area contributed by atoms with E-state index in [0.717, 1.165) is 80.0 Å². The zero-order valence-corrected chi connectivity index (χ0v) is 47.9. The lowest BCUT2D eigenvalue weighted by atomic mass is 9.47. The molecule has 4 saturated carbocycles. The number of carbonyl (C=O) groups excluding carboxylic acids is 1. The van der Waals surface area contributed by atoms with Crippen LogP contribution < -0.4 is 0 Å². The number of esters is 1. The van der Waals surface area contributed by atoms with Crippen molar-refractivity contribution < 1.29 is 29.6 Å². The summed E-state index contributed by atoms with van der Waals surface area (Å²) in [4.78, 5) is 12.8. The van der Waals surface area contributed by atoms with Gasteiger partial charge in [-0.2, -0.15) is 0 Å². The van der Waals surface area contributed by atoms with E-state index < -0.39 is 30.3 Å². The van der Waals surface area contributed by atoms with Gasteiger partial charge in [-0.25, -0.2) is 0 Å². The largest absolute Gasteiger partial charge is 0.465 e. The highest BCUT2D eigenvalue weighted by Crippen LogP contribution is 2.67. The van der Waals surface area contributed by atoms with Gasteiger partial charge in [-0.15, -0.1) is 0 Å². The molecule has 0 amide bonds. The summed E-state index contributed by atoms with van der Waals surface area (Å²) >= 11 is 0. The number of aliphatic hydroxyl groups excluding tert-OH is 3. The molecule has 5 aliphatic rings. The van der Waals surface area contributed by atoms with Crippen molar-refractivity contribution in [1.82, 2.24) is 0 Å². The van der Waals surface area contributed by atoms with E-state index >= 15 is 0 Å². The van der Waals surface area contributed by atoms with Crippen molar-refractivity contribution in [2.75, 3.05) is 6.61 Å². The Morgan fingerprint density at radius 3 is 1.69 bits per heavy atom. The topological polar surface area (TPSA) is 96.2 Å². The summed E-state index contributed by atoms with van der Waals surface area (Å²) in [5.41, 5.74) is 2.24. The van der Waals surface area contributed by atoms with E-state index in [0.29, 0.717) is 18.3 Å². The fraction of sp³-hybridized carbons (Fsp3) is 0.954. The van der Waals surface area contributed by atoms with Crippen molar-refractivity contribution in [2.45, 2.75) is 329 Å². The number of allylic oxidation sites excluding steroid dienone is 1. The van der Waals surface area contributed by atoms with Crippen LogP contribution in [0.4, 0.5) is 0 Å². The number of hydrogen-bond acceptors (Lipinski definition) is 6. The third kappa shape index (κ3) is 18.6. The molecule has 3 N–H and O–H groups in total. The van der Waals surface area contributed by atoms with Crippen LogP contribution in [0, 0.1) is 58.2 Å². The number of aliphatic hydroxyl groups is 3. The molecular formula is C65H118O6. The molecule has 0 bridgehead atoms. The van der Waals surface area contributed by atoms with Crippen molar-refractivity contribution in [2.24, 2.45) is 58.2 Å². The minimum atomic E-state index is -1.32. The highest BCUT2D eigenvalue weighted by atomic mass is 16.5. The maximum absolute atomic E-state index is 12.8. The van der Waals surface area contributed by atoms with Crippen LogP contribution in [0.5, 0.6) is 0 Å². The first-order valence-electron chi connectivity index (χ1n) is 31.9. The highest BCUT2D eigenvalue weighted by molar-refractivity contribution is 5.69. The molecule has 71 heavy (non-hydrogen) atoms. The third-order valence-electron chi connectivity index (χ3n) is 20.9. The maximum atomic E-state index is 12.8. The van der Waals surface area contributed by atoms with Gasteiger partial charge in [0.15, 0.2) is 0 Å². The number of unbranched alkanes of at least 4 members (excludes halogenated alkanes) is 25. The molecule has 5 aliphatic carbocycles. The summed E-state index contributed by atoms with van der Waals surface area (Å²) in [7, 11) is 0. The minimum Gasteiger partial charge on any atom is -0.465 e. The molecule has 0 aliphatic heterocycles. The SMILES string of the molecule is CCCCCCCCCCCCCCCCCCCCCCCCCCCCC(=O)OCC1CC(OC2CCC3(C)C(=CCC4C3CCC3(C)C(C(C)CCC(CC)C(C)C)CCC43)C2)C(O)C(O)C1O. The van der Waals surface area contributed by atoms with E-state index in [1.807, 2.05) is 0 Å². The van der Waals surface area contributed by atoms with E-state index in [2.05, 4.69) is 54.5 Å². The smallest absolute Gasteiger partial charge is 0.305 e. The molecule has 0 heterocycles. The van der Waals surface area contributed by atoms with Gasteiger partial charge in [0, 0.05) is 12.3 Å². The van der Waals surface area contributed by atoms with E-state index in [1.165, 1.54) is 199 Å². The van der Waals surface area contributed by atoms with Gasteiger partial charge in [-0.1, -0.05) is 233 Å². The zero-order valence-electron chi connectivity index (χ0n) is 47.9. The number of hydrogen-bond donors (Lipinski definition) is 3. The lowest BCUT2D eigenvalue weighted by Crippen LogP contribution is -2.56. The third-order valence-corrected chi connectivity index (χ3v) is 20.9. The summed E-state index contributed by atoms with van der Waals surface area (Å²) in [5, 5.41) is 33.1. The molecule has 0 radical (unpaired) electrons. The molecule has 0 aromatic heterocycles. The van der Waals surface area contributed by atoms with Gasteiger partial charge in [-0.3, -0.25) is 4.79 Å². The number of ether oxygens (including phenoxy) is 2. The molecule has 414 valence electrons. The first-order valence-corrected chi connectivity index (χ1v) is 31.9. The molecule has 14 atom stereocenters. The number of carbonyl (C=O) groups is 1. The number of rotatable bonds is 37. The lowest BCUT2D eigenvalue weighted by molar-refractivity contribution is -0.197. The van der Waals surface area contributed by atoms with Gasteiger partial charge in [-0.05, 0) is 123 Å². The highest BCUT2D eigenvalue weighted by Gasteiger charge is 2.59. The van der Waals surface area contributed by atoms with E-state index in [1.54, 1.807) is 5.57 Å². The van der Waals surface area contributed by atoms with Crippen LogP contribution in [0.2, 0.25) is 0 Å². The van der Waals surface area contributed by atoms with Crippen LogP contribution in [-0.4, -0.2) is 58.4 Å². The minimum absolute atomic E-state index is 0.0158. The average Bonchev–Trinajstić information content (AvgIpc) is 3.72. The van der Waals surface area contributed by atoms with Crippen LogP contribution in [0.3, 0.4) is 0 Å². The van der Waals surface area contributed by atoms with Gasteiger partial charge in [0.2, 0.25) is 0 Å². The summed E-state index contributed by atoms with van der Waals surface area (Å²) in [6.07, 6.45) is 48.3. The van der Waals surface area contributed by atoms with Gasteiger partial charge in [0.25, 0.3) is 0 Å². The Hall–Kier alpha value is -0.950. The monoisotopic (exact) mass is 995 g/mol. The second-order valence-electron chi connectivity index (χ2n) is 26.2. The quantitative estimate of drug-likeness (QED) is 0.0326. The second-order valence-corrected chi connectivity index (χ2v) is 26.2. The van der Waals surface area contributed by atoms with Crippen molar-refractivity contribution in [3.8, 4) is 0 Å². The van der Waals surface area contributed by atoms with Crippen LogP contribution >= 0.6 is 0 Å². The van der Waals surface area contributed by atoms with E-state index in [9.17, 15) is 20.1 Å². The van der Waals surface area contributed by atoms with Crippen molar-refractivity contribution in [3.05, 3.63) is 11.6 Å². The summed E-state index contributed by atoms with van der Waals surface area (Å²) < 4.78 is 12.4. The lowest BCUT2D eigenvalue weighted by Gasteiger charge is -2.58. The van der Waals surface area contributed by atoms with Gasteiger partial charge >= 0.3 is 5.97 Å². The normalized spacial score (nSPS) is 32.5. The Morgan fingerprint density at radius 2 is 1.17 bits per heavy atom. The Labute approximate surface area is 439 Å². The molecule has 6 nitrogen and oxygen atoms in total. The Balaban J connectivity index is 0.881. The molecule has 6 heteroatoms. The van der Waals surface area contributed by atoms with Gasteiger partial charge in [0.1, 0.15) is 12.2 Å². The Kier molecular flexibility index (Phi) is 28.0. The standard InChI is InChI=1S/C65H118O6/c1-8-10-11-12-13-14-15-16-17-18-19-20-21-22-23-24-25-26-27-28-29-30-31-32-33-34-35-60(66)70-48-52-46-59(62(68)63(69)61(52)67)71-54-42-44-64(6)53(47-54)38-39-55-57-41-40-56(65(57,7)45-43-58(55)64)50(5)36-37-51(9-2)49(3)4/h38,49-52,54-59,61-63,67-69H,8-37,39-48H2,1-7H3. The van der Waals surface area contributed by atoms with Crippen LogP contribution in [0.1, 0.15) is 299 Å². The van der Waals surface area contributed by atoms with Crippen molar-refractivity contribution >= 4 is 5.97 Å². The Morgan fingerprint density at radius 1 is 0.634 bits per heavy atom. The molecule has 4 fully saturated rings. The van der Waals surface area contributed by atoms with Crippen LogP contribution in [-0.2, 0) is 14.3 Å². The first kappa shape index (κ1) is 60.9. The molecule has 0 aromatic rings. The predicted molar refractivity (Wildman–Crippen MR) is 298 cm³/mol. The fourth-order valence-corrected chi connectivity index (χ4v) is 16.1. The molecule has 0 aromatic carbocycles. The summed E-state index contributed by atoms with van der Waals surface area (Å²) in [6.45, 7) is 17.4. The first-order chi connectivity index (χ1) is 34.3. The Bertz CT molecular complexity index is 1460. The predicted octanol–water partition coefficient (Wildman–Crippen LogP) is 17.6. The molecular weight excluding hydrogens is 877 g/mol. The van der Waals surface area contributed by atoms with Gasteiger partial charge < -0.3 is 24.8 Å². The molecule has 0 saturated heterocycles. The van der Waals surface area contributed by atoms with Gasteiger partial charge in [0.05, 0.1) is 24.9 Å². The van der Waals surface area contributed by atoms with E-state index in [-0.39, 0.29) is 24.1 Å². The zero-order chi connectivity index (χ0) is 51.1. The molecule has 0 spiro atoms. The summed E-state index contributed by atoms with van der Waals surface area (Å²) in [6, 6.07) is 0. The maximum Gasteiger partial charge on any atom is 0.305 e. The van der Waals surface area contributed by atoms with E-state index in [4.69, 9.17) is 9.47 Å². The summed E-state index contributed by atoms with van der Waals surface area (Å²) in [5.74, 6) is 4.97. The van der Waals surface area contributed by atoms with Crippen LogP contribution in [0.25, 0.3) is 0 Å². The molecule has 14 unspecified atom stereocenters. The van der Waals surface area contributed by atoms with Crippen molar-refractivity contribution in [3.63, 3.8) is 0 Å². The van der Waals surface area contributed by atoms with Crippen molar-refractivity contribution in [1.29, 1.82) is 0 Å².